The minimum Gasteiger partial charge on any atom is -0.493 e. The molecule has 162 valence electrons. The van der Waals surface area contributed by atoms with Crippen molar-refractivity contribution in [1.82, 2.24) is 9.80 Å². The second kappa shape index (κ2) is 11.0. The zero-order chi connectivity index (χ0) is 20.6. The molecule has 0 spiro atoms. The summed E-state index contributed by atoms with van der Waals surface area (Å²) in [7, 11) is 3.79. The predicted molar refractivity (Wildman–Crippen MR) is 118 cm³/mol. The van der Waals surface area contributed by atoms with Crippen LogP contribution in [0.25, 0.3) is 0 Å². The molecule has 1 N–H and O–H groups in total. The minimum absolute atomic E-state index is 0.281. The van der Waals surface area contributed by atoms with E-state index in [4.69, 9.17) is 9.47 Å². The number of hydrogen-bond acceptors (Lipinski definition) is 5. The molecule has 1 aromatic rings. The van der Waals surface area contributed by atoms with Gasteiger partial charge in [0.2, 0.25) is 0 Å². The molecule has 29 heavy (non-hydrogen) atoms. The number of nitrogens with zero attached hydrogens (tertiary/aromatic N) is 2. The standard InChI is InChI=1S/C24H38N2O3/c1-19-11-13-26(14-12-19)16-20-9-10-23(24(15-20)28-3)29-18-22(27)17-25(2)21-7-5-4-6-8-21/h9-11,15,21-22,27H,4-8,12-14,16-18H2,1-3H3/t22-/m1/s1. The molecule has 1 heterocycles. The molecule has 1 aliphatic carbocycles. The van der Waals surface area contributed by atoms with Crippen LogP contribution in [0.15, 0.2) is 29.8 Å². The largest absolute Gasteiger partial charge is 0.493 e. The van der Waals surface area contributed by atoms with Crippen LogP contribution in [0.2, 0.25) is 0 Å². The SMILES string of the molecule is COc1cc(CN2CC=C(C)CC2)ccc1OC[C@H](O)CN(C)C1CCCCC1. The minimum atomic E-state index is -0.505. The lowest BCUT2D eigenvalue weighted by Crippen LogP contribution is -2.40. The maximum Gasteiger partial charge on any atom is 0.161 e. The van der Waals surface area contributed by atoms with Gasteiger partial charge < -0.3 is 19.5 Å². The van der Waals surface area contributed by atoms with Crippen LogP contribution >= 0.6 is 0 Å². The van der Waals surface area contributed by atoms with Crippen LogP contribution < -0.4 is 9.47 Å². The van der Waals surface area contributed by atoms with Crippen LogP contribution in [-0.2, 0) is 6.54 Å². The van der Waals surface area contributed by atoms with Crippen molar-refractivity contribution in [3.05, 3.63) is 35.4 Å². The van der Waals surface area contributed by atoms with Gasteiger partial charge in [-0.2, -0.15) is 0 Å². The van der Waals surface area contributed by atoms with E-state index in [-0.39, 0.29) is 6.61 Å². The molecule has 1 atom stereocenters. The number of rotatable bonds is 9. The van der Waals surface area contributed by atoms with Crippen molar-refractivity contribution in [2.75, 3.05) is 40.4 Å². The summed E-state index contributed by atoms with van der Waals surface area (Å²) in [6.45, 7) is 6.15. The third kappa shape index (κ3) is 6.73. The fourth-order valence-corrected chi connectivity index (χ4v) is 4.39. The molecule has 0 radical (unpaired) electrons. The Kier molecular flexibility index (Phi) is 8.40. The normalized spacial score (nSPS) is 19.8. The third-order valence-electron chi connectivity index (χ3n) is 6.28. The molecule has 1 aromatic carbocycles. The lowest BCUT2D eigenvalue weighted by molar-refractivity contribution is 0.0553. The highest BCUT2D eigenvalue weighted by Crippen LogP contribution is 2.29. The molecule has 1 fully saturated rings. The van der Waals surface area contributed by atoms with Gasteiger partial charge in [-0.25, -0.2) is 0 Å². The monoisotopic (exact) mass is 402 g/mol. The average molecular weight is 403 g/mol. The van der Waals surface area contributed by atoms with Crippen LogP contribution in [0.5, 0.6) is 11.5 Å². The van der Waals surface area contributed by atoms with Crippen molar-refractivity contribution < 1.29 is 14.6 Å². The van der Waals surface area contributed by atoms with Crippen LogP contribution in [0, 0.1) is 0 Å². The molecule has 0 amide bonds. The first-order chi connectivity index (χ1) is 14.0. The summed E-state index contributed by atoms with van der Waals surface area (Å²) in [5.74, 6) is 1.43. The van der Waals surface area contributed by atoms with E-state index in [1.807, 2.05) is 6.07 Å². The van der Waals surface area contributed by atoms with Crippen LogP contribution in [0.4, 0.5) is 0 Å². The summed E-state index contributed by atoms with van der Waals surface area (Å²) in [5.41, 5.74) is 2.70. The van der Waals surface area contributed by atoms with Crippen molar-refractivity contribution >= 4 is 0 Å². The maximum atomic E-state index is 10.4. The molecule has 3 rings (SSSR count). The van der Waals surface area contributed by atoms with E-state index in [9.17, 15) is 5.11 Å². The number of aliphatic hydroxyl groups excluding tert-OH is 1. The van der Waals surface area contributed by atoms with Crippen LogP contribution in [0.1, 0.15) is 51.0 Å². The Morgan fingerprint density at radius 2 is 2.00 bits per heavy atom. The highest BCUT2D eigenvalue weighted by molar-refractivity contribution is 5.43. The average Bonchev–Trinajstić information content (AvgIpc) is 2.75. The Morgan fingerprint density at radius 3 is 2.69 bits per heavy atom. The van der Waals surface area contributed by atoms with Gasteiger partial charge in [0.05, 0.1) is 7.11 Å². The van der Waals surface area contributed by atoms with E-state index in [2.05, 4.69) is 42.0 Å². The van der Waals surface area contributed by atoms with E-state index < -0.39 is 6.10 Å². The Morgan fingerprint density at radius 1 is 1.21 bits per heavy atom. The van der Waals surface area contributed by atoms with E-state index in [0.717, 1.165) is 31.8 Å². The lowest BCUT2D eigenvalue weighted by atomic mass is 9.94. The van der Waals surface area contributed by atoms with Gasteiger partial charge in [0.25, 0.3) is 0 Å². The molecule has 5 nitrogen and oxygen atoms in total. The Hall–Kier alpha value is -1.56. The van der Waals surface area contributed by atoms with E-state index in [1.54, 1.807) is 7.11 Å². The van der Waals surface area contributed by atoms with Gasteiger partial charge in [-0.3, -0.25) is 4.90 Å². The van der Waals surface area contributed by atoms with Gasteiger partial charge in [-0.1, -0.05) is 37.0 Å². The summed E-state index contributed by atoms with van der Waals surface area (Å²) in [6, 6.07) is 6.72. The van der Waals surface area contributed by atoms with Gasteiger partial charge in [-0.05, 0) is 50.9 Å². The van der Waals surface area contributed by atoms with Crippen molar-refractivity contribution in [3.8, 4) is 11.5 Å². The highest BCUT2D eigenvalue weighted by Gasteiger charge is 2.20. The smallest absolute Gasteiger partial charge is 0.161 e. The van der Waals surface area contributed by atoms with Crippen LogP contribution in [-0.4, -0.2) is 67.5 Å². The number of aliphatic hydroxyl groups is 1. The van der Waals surface area contributed by atoms with Gasteiger partial charge in [0.1, 0.15) is 12.7 Å². The molecular weight excluding hydrogens is 364 g/mol. The van der Waals surface area contributed by atoms with Crippen molar-refractivity contribution in [2.45, 2.75) is 64.1 Å². The number of likely N-dealkylation sites (N-methyl/N-ethyl adjacent to an activating group) is 1. The van der Waals surface area contributed by atoms with E-state index >= 15 is 0 Å². The zero-order valence-corrected chi connectivity index (χ0v) is 18.4. The quantitative estimate of drug-likeness (QED) is 0.636. The fraction of sp³-hybridized carbons (Fsp3) is 0.667. The first kappa shape index (κ1) is 22.1. The molecule has 1 aliphatic heterocycles. The van der Waals surface area contributed by atoms with Gasteiger partial charge in [-0.15, -0.1) is 0 Å². The molecule has 0 unspecified atom stereocenters. The summed E-state index contributed by atoms with van der Waals surface area (Å²) >= 11 is 0. The van der Waals surface area contributed by atoms with E-state index in [0.29, 0.717) is 18.3 Å². The zero-order valence-electron chi connectivity index (χ0n) is 18.4. The van der Waals surface area contributed by atoms with Crippen molar-refractivity contribution in [3.63, 3.8) is 0 Å². The van der Waals surface area contributed by atoms with Gasteiger partial charge in [0, 0.05) is 32.2 Å². The fourth-order valence-electron chi connectivity index (χ4n) is 4.39. The highest BCUT2D eigenvalue weighted by atomic mass is 16.5. The lowest BCUT2D eigenvalue weighted by Gasteiger charge is -2.32. The van der Waals surface area contributed by atoms with E-state index in [1.165, 1.54) is 43.2 Å². The van der Waals surface area contributed by atoms with Crippen molar-refractivity contribution in [1.29, 1.82) is 0 Å². The van der Waals surface area contributed by atoms with Crippen LogP contribution in [0.3, 0.4) is 0 Å². The topological polar surface area (TPSA) is 45.2 Å². The second-order valence-electron chi connectivity index (χ2n) is 8.72. The Bertz CT molecular complexity index is 670. The number of methoxy groups -OCH3 is 1. The molecule has 1 saturated carbocycles. The first-order valence-corrected chi connectivity index (χ1v) is 11.1. The number of ether oxygens (including phenoxy) is 2. The first-order valence-electron chi connectivity index (χ1n) is 11.1. The Balaban J connectivity index is 1.49. The summed E-state index contributed by atoms with van der Waals surface area (Å²) in [4.78, 5) is 4.73. The van der Waals surface area contributed by atoms with Crippen molar-refractivity contribution in [2.24, 2.45) is 0 Å². The molecule has 0 aromatic heterocycles. The Labute approximate surface area is 176 Å². The predicted octanol–water partition coefficient (Wildman–Crippen LogP) is 3.85. The molecule has 5 heteroatoms. The maximum absolute atomic E-state index is 10.4. The second-order valence-corrected chi connectivity index (χ2v) is 8.72. The van der Waals surface area contributed by atoms with Gasteiger partial charge in [0.15, 0.2) is 11.5 Å². The molecular formula is C24H38N2O3. The molecule has 2 aliphatic rings. The van der Waals surface area contributed by atoms with Gasteiger partial charge >= 0.3 is 0 Å². The number of benzene rings is 1. The summed E-state index contributed by atoms with van der Waals surface area (Å²) < 4.78 is 11.5. The molecule has 0 saturated heterocycles. The summed E-state index contributed by atoms with van der Waals surface area (Å²) in [6.07, 6.45) is 9.39. The third-order valence-corrected chi connectivity index (χ3v) is 6.28. The number of hydrogen-bond donors (Lipinski definition) is 1. The molecule has 0 bridgehead atoms. The summed E-state index contributed by atoms with van der Waals surface area (Å²) in [5, 5.41) is 10.4.